The highest BCUT2D eigenvalue weighted by atomic mass is 16.2. The van der Waals surface area contributed by atoms with Gasteiger partial charge in [-0.25, -0.2) is 0 Å². The lowest BCUT2D eigenvalue weighted by Crippen LogP contribution is -2.52. The Bertz CT molecular complexity index is 569. The van der Waals surface area contributed by atoms with Crippen LogP contribution in [-0.4, -0.2) is 45.9 Å². The average molecular weight is 299 g/mol. The molecule has 0 radical (unpaired) electrons. The molecule has 4 rings (SSSR count). The molecule has 2 aliphatic heterocycles. The summed E-state index contributed by atoms with van der Waals surface area (Å²) in [5.41, 5.74) is 2.05. The van der Waals surface area contributed by atoms with Gasteiger partial charge < -0.3 is 4.90 Å². The van der Waals surface area contributed by atoms with E-state index >= 15 is 0 Å². The number of nitrogens with zero attached hydrogens (tertiary/aromatic N) is 3. The Hall–Kier alpha value is -1.42. The average Bonchev–Trinajstić information content (AvgIpc) is 3.22. The first-order valence-electron chi connectivity index (χ1n) is 8.67. The van der Waals surface area contributed by atoms with E-state index in [0.29, 0.717) is 31.0 Å². The minimum Gasteiger partial charge on any atom is -0.332 e. The van der Waals surface area contributed by atoms with Crippen molar-refractivity contribution in [2.45, 2.75) is 57.7 Å². The van der Waals surface area contributed by atoms with Crippen molar-refractivity contribution < 1.29 is 4.79 Å². The molecular formula is C18H25N3O. The maximum atomic E-state index is 12.4. The smallest absolute Gasteiger partial charge is 0.223 e. The lowest BCUT2D eigenvalue weighted by atomic mass is 9.96. The highest BCUT2D eigenvalue weighted by molar-refractivity contribution is 5.77. The second kappa shape index (κ2) is 5.65. The number of likely N-dealkylation sites (tertiary alicyclic amines) is 2. The number of pyridine rings is 1. The van der Waals surface area contributed by atoms with E-state index in [1.165, 1.54) is 19.4 Å². The Labute approximate surface area is 132 Å². The van der Waals surface area contributed by atoms with Crippen LogP contribution in [-0.2, 0) is 11.3 Å². The van der Waals surface area contributed by atoms with Crippen LogP contribution in [0.5, 0.6) is 0 Å². The van der Waals surface area contributed by atoms with Gasteiger partial charge in [-0.1, -0.05) is 6.07 Å². The molecule has 1 aromatic rings. The van der Waals surface area contributed by atoms with Gasteiger partial charge in [0.05, 0.1) is 12.2 Å². The van der Waals surface area contributed by atoms with Gasteiger partial charge in [0.15, 0.2) is 0 Å². The highest BCUT2D eigenvalue weighted by Gasteiger charge is 2.44. The van der Waals surface area contributed by atoms with Gasteiger partial charge in [-0.05, 0) is 50.7 Å². The summed E-state index contributed by atoms with van der Waals surface area (Å²) in [7, 11) is 0. The van der Waals surface area contributed by atoms with Gasteiger partial charge in [0.25, 0.3) is 0 Å². The molecule has 0 spiro atoms. The van der Waals surface area contributed by atoms with Gasteiger partial charge in [0, 0.05) is 37.3 Å². The Morgan fingerprint density at radius 3 is 2.82 bits per heavy atom. The standard InChI is InChI=1S/C18H25N3O/c1-13-3-2-4-15(19-13)12-21-17-9-10-20(11-14-5-6-14)16(17)7-8-18(21)22/h2-4,14,16-17H,5-12H2,1H3/t16-,17-/m1/s1. The molecule has 1 amide bonds. The molecule has 2 atom stereocenters. The SMILES string of the molecule is Cc1cccc(CN2C(=O)CC[C@@H]3[C@H]2CCN3CC2CC2)n1. The van der Waals surface area contributed by atoms with Crippen molar-refractivity contribution >= 4 is 5.91 Å². The Kier molecular flexibility index (Phi) is 3.65. The molecule has 0 aromatic carbocycles. The lowest BCUT2D eigenvalue weighted by Gasteiger charge is -2.39. The van der Waals surface area contributed by atoms with Crippen molar-refractivity contribution in [3.8, 4) is 0 Å². The maximum Gasteiger partial charge on any atom is 0.223 e. The van der Waals surface area contributed by atoms with Gasteiger partial charge in [0.2, 0.25) is 5.91 Å². The Morgan fingerprint density at radius 1 is 1.18 bits per heavy atom. The summed E-state index contributed by atoms with van der Waals surface area (Å²) in [6.45, 7) is 5.11. The van der Waals surface area contributed by atoms with Crippen LogP contribution in [0, 0.1) is 12.8 Å². The van der Waals surface area contributed by atoms with Gasteiger partial charge in [0.1, 0.15) is 0 Å². The van der Waals surface area contributed by atoms with Crippen molar-refractivity contribution in [2.24, 2.45) is 5.92 Å². The minimum absolute atomic E-state index is 0.317. The van der Waals surface area contributed by atoms with Crippen molar-refractivity contribution in [1.82, 2.24) is 14.8 Å². The van der Waals surface area contributed by atoms with E-state index < -0.39 is 0 Å². The van der Waals surface area contributed by atoms with E-state index in [4.69, 9.17) is 0 Å². The van der Waals surface area contributed by atoms with Crippen molar-refractivity contribution in [3.63, 3.8) is 0 Å². The molecule has 4 heteroatoms. The predicted octanol–water partition coefficient (Wildman–Crippen LogP) is 2.37. The molecule has 0 unspecified atom stereocenters. The van der Waals surface area contributed by atoms with E-state index in [0.717, 1.165) is 36.7 Å². The fraction of sp³-hybridized carbons (Fsp3) is 0.667. The van der Waals surface area contributed by atoms with Crippen LogP contribution in [0.4, 0.5) is 0 Å². The van der Waals surface area contributed by atoms with E-state index in [1.54, 1.807) is 0 Å². The molecule has 0 bridgehead atoms. The van der Waals surface area contributed by atoms with Crippen molar-refractivity contribution in [2.75, 3.05) is 13.1 Å². The number of fused-ring (bicyclic) bond motifs is 1. The van der Waals surface area contributed by atoms with Gasteiger partial charge in [-0.2, -0.15) is 0 Å². The zero-order valence-corrected chi connectivity index (χ0v) is 13.4. The number of hydrogen-bond donors (Lipinski definition) is 0. The number of rotatable bonds is 4. The molecule has 0 N–H and O–H groups in total. The fourth-order valence-corrected chi connectivity index (χ4v) is 4.16. The maximum absolute atomic E-state index is 12.4. The van der Waals surface area contributed by atoms with Gasteiger partial charge in [-0.3, -0.25) is 14.7 Å². The highest BCUT2D eigenvalue weighted by Crippen LogP contribution is 2.36. The number of carbonyl (C=O) groups is 1. The second-order valence-electron chi connectivity index (χ2n) is 7.19. The number of amides is 1. The van der Waals surface area contributed by atoms with Crippen LogP contribution in [0.15, 0.2) is 18.2 Å². The quantitative estimate of drug-likeness (QED) is 0.856. The monoisotopic (exact) mass is 299 g/mol. The van der Waals surface area contributed by atoms with E-state index in [9.17, 15) is 4.79 Å². The summed E-state index contributed by atoms with van der Waals surface area (Å²) in [5, 5.41) is 0. The van der Waals surface area contributed by atoms with Gasteiger partial charge in [-0.15, -0.1) is 0 Å². The third-order valence-corrected chi connectivity index (χ3v) is 5.47. The third-order valence-electron chi connectivity index (χ3n) is 5.47. The number of carbonyl (C=O) groups excluding carboxylic acids is 1. The molecular weight excluding hydrogens is 274 g/mol. The molecule has 3 fully saturated rings. The third kappa shape index (κ3) is 2.76. The van der Waals surface area contributed by atoms with Crippen molar-refractivity contribution in [1.29, 1.82) is 0 Å². The predicted molar refractivity (Wildman–Crippen MR) is 85.2 cm³/mol. The number of hydrogen-bond acceptors (Lipinski definition) is 3. The van der Waals surface area contributed by atoms with Crippen LogP contribution in [0.25, 0.3) is 0 Å². The van der Waals surface area contributed by atoms with Crippen molar-refractivity contribution in [3.05, 3.63) is 29.6 Å². The van der Waals surface area contributed by atoms with Crippen LogP contribution in [0.2, 0.25) is 0 Å². The molecule has 3 aliphatic rings. The molecule has 1 aliphatic carbocycles. The van der Waals surface area contributed by atoms with E-state index in [2.05, 4.69) is 14.8 Å². The summed E-state index contributed by atoms with van der Waals surface area (Å²) in [6.07, 6.45) is 5.70. The van der Waals surface area contributed by atoms with Gasteiger partial charge >= 0.3 is 0 Å². The van der Waals surface area contributed by atoms with E-state index in [1.807, 2.05) is 25.1 Å². The Balaban J connectivity index is 1.49. The fourth-order valence-electron chi connectivity index (χ4n) is 4.16. The summed E-state index contributed by atoms with van der Waals surface area (Å²) >= 11 is 0. The zero-order valence-electron chi connectivity index (χ0n) is 13.4. The molecule has 2 saturated heterocycles. The van der Waals surface area contributed by atoms with Crippen LogP contribution in [0.3, 0.4) is 0 Å². The second-order valence-corrected chi connectivity index (χ2v) is 7.19. The summed E-state index contributed by atoms with van der Waals surface area (Å²) in [5.74, 6) is 1.25. The largest absolute Gasteiger partial charge is 0.332 e. The first-order chi connectivity index (χ1) is 10.7. The normalized spacial score (nSPS) is 29.0. The van der Waals surface area contributed by atoms with E-state index in [-0.39, 0.29) is 0 Å². The molecule has 118 valence electrons. The minimum atomic E-state index is 0.317. The summed E-state index contributed by atoms with van der Waals surface area (Å²) in [4.78, 5) is 21.8. The molecule has 1 saturated carbocycles. The van der Waals surface area contributed by atoms with Crippen LogP contribution >= 0.6 is 0 Å². The van der Waals surface area contributed by atoms with Crippen LogP contribution < -0.4 is 0 Å². The van der Waals surface area contributed by atoms with Crippen LogP contribution in [0.1, 0.15) is 43.5 Å². The molecule has 1 aromatic heterocycles. The first kappa shape index (κ1) is 14.2. The number of piperidine rings is 1. The lowest BCUT2D eigenvalue weighted by molar-refractivity contribution is -0.138. The Morgan fingerprint density at radius 2 is 2.05 bits per heavy atom. The topological polar surface area (TPSA) is 36.4 Å². The number of aromatic nitrogens is 1. The molecule has 4 nitrogen and oxygen atoms in total. The molecule has 3 heterocycles. The number of aryl methyl sites for hydroxylation is 1. The first-order valence-corrected chi connectivity index (χ1v) is 8.67. The summed E-state index contributed by atoms with van der Waals surface area (Å²) < 4.78 is 0. The molecule has 22 heavy (non-hydrogen) atoms. The summed E-state index contributed by atoms with van der Waals surface area (Å²) in [6, 6.07) is 7.08. The zero-order chi connectivity index (χ0) is 15.1.